The average Bonchev–Trinajstić information content (AvgIpc) is 2.53. The normalized spacial score (nSPS) is 16.2. The predicted octanol–water partition coefficient (Wildman–Crippen LogP) is 3.39. The number of fused-ring (bicyclic) bond motifs is 1. The van der Waals surface area contributed by atoms with Gasteiger partial charge in [0.1, 0.15) is 29.1 Å². The maximum atomic E-state index is 11.0. The molecule has 0 amide bonds. The van der Waals surface area contributed by atoms with Gasteiger partial charge in [-0.15, -0.1) is 0 Å². The lowest BCUT2D eigenvalue weighted by Crippen LogP contribution is -2.15. The summed E-state index contributed by atoms with van der Waals surface area (Å²) in [4.78, 5) is 11.0. The van der Waals surface area contributed by atoms with Crippen LogP contribution in [-0.2, 0) is 11.2 Å². The summed E-state index contributed by atoms with van der Waals surface area (Å²) < 4.78 is 16.2. The minimum Gasteiger partial charge on any atom is -0.507 e. The summed E-state index contributed by atoms with van der Waals surface area (Å²) in [5.41, 5.74) is 1.80. The van der Waals surface area contributed by atoms with E-state index < -0.39 is 5.97 Å². The van der Waals surface area contributed by atoms with Crippen LogP contribution in [0.1, 0.15) is 30.6 Å². The summed E-state index contributed by atoms with van der Waals surface area (Å²) in [6.07, 6.45) is 1.37. The molecule has 1 heterocycles. The molecular weight excluding hydrogens is 296 g/mol. The molecule has 0 saturated heterocycles. The van der Waals surface area contributed by atoms with E-state index in [1.54, 1.807) is 19.2 Å². The monoisotopic (exact) mass is 314 g/mol. The van der Waals surface area contributed by atoms with Crippen molar-refractivity contribution in [3.8, 4) is 23.0 Å². The van der Waals surface area contributed by atoms with Crippen molar-refractivity contribution >= 4 is 5.97 Å². The molecule has 1 unspecified atom stereocenters. The Labute approximate surface area is 134 Å². The van der Waals surface area contributed by atoms with Gasteiger partial charge in [-0.1, -0.05) is 6.07 Å². The van der Waals surface area contributed by atoms with Gasteiger partial charge in [0, 0.05) is 24.6 Å². The smallest absolute Gasteiger partial charge is 0.308 e. The highest BCUT2D eigenvalue weighted by molar-refractivity contribution is 5.69. The molecule has 1 aliphatic rings. The van der Waals surface area contributed by atoms with Gasteiger partial charge >= 0.3 is 5.97 Å². The zero-order valence-corrected chi connectivity index (χ0v) is 13.0. The summed E-state index contributed by atoms with van der Waals surface area (Å²) in [6, 6.07) is 10.6. The third-order valence-electron chi connectivity index (χ3n) is 3.83. The fourth-order valence-electron chi connectivity index (χ4n) is 2.72. The minimum absolute atomic E-state index is 0.0556. The molecule has 0 saturated carbocycles. The van der Waals surface area contributed by atoms with Gasteiger partial charge in [-0.25, -0.2) is 0 Å². The van der Waals surface area contributed by atoms with Crippen molar-refractivity contribution in [2.45, 2.75) is 25.9 Å². The second-order valence-electron chi connectivity index (χ2n) is 5.43. The molecule has 120 valence electrons. The van der Waals surface area contributed by atoms with E-state index in [-0.39, 0.29) is 11.9 Å². The fourth-order valence-corrected chi connectivity index (χ4v) is 2.72. The number of hydrogen-bond acceptors (Lipinski definition) is 5. The molecule has 1 aliphatic heterocycles. The summed E-state index contributed by atoms with van der Waals surface area (Å²) in [6.45, 7) is 1.32. The van der Waals surface area contributed by atoms with E-state index in [2.05, 4.69) is 0 Å². The number of carbonyl (C=O) groups is 1. The Bertz CT molecular complexity index is 738. The SMILES string of the molecule is COc1ccc2c(c1)OC(c1ccc(OC(C)=O)cc1O)CC2. The minimum atomic E-state index is -0.424. The van der Waals surface area contributed by atoms with E-state index in [0.29, 0.717) is 11.3 Å². The Hall–Kier alpha value is -2.69. The molecule has 0 fully saturated rings. The van der Waals surface area contributed by atoms with E-state index in [1.807, 2.05) is 18.2 Å². The standard InChI is InChI=1S/C18H18O5/c1-11(19)22-14-6-7-15(16(20)9-14)17-8-4-12-3-5-13(21-2)10-18(12)23-17/h3,5-7,9-10,17,20H,4,8H2,1-2H3. The number of ether oxygens (including phenoxy) is 3. The quantitative estimate of drug-likeness (QED) is 0.695. The number of esters is 1. The first-order valence-electron chi connectivity index (χ1n) is 7.41. The lowest BCUT2D eigenvalue weighted by Gasteiger charge is -2.27. The van der Waals surface area contributed by atoms with Crippen LogP contribution in [0.15, 0.2) is 36.4 Å². The third-order valence-corrected chi connectivity index (χ3v) is 3.83. The molecule has 0 bridgehead atoms. The van der Waals surface area contributed by atoms with Crippen molar-refractivity contribution in [3.63, 3.8) is 0 Å². The van der Waals surface area contributed by atoms with E-state index in [4.69, 9.17) is 14.2 Å². The van der Waals surface area contributed by atoms with Crippen molar-refractivity contribution in [2.75, 3.05) is 7.11 Å². The van der Waals surface area contributed by atoms with E-state index in [1.165, 1.54) is 13.0 Å². The largest absolute Gasteiger partial charge is 0.507 e. The maximum absolute atomic E-state index is 11.0. The highest BCUT2D eigenvalue weighted by Crippen LogP contribution is 2.40. The number of aryl methyl sites for hydroxylation is 1. The van der Waals surface area contributed by atoms with Crippen LogP contribution in [0, 0.1) is 0 Å². The van der Waals surface area contributed by atoms with Crippen LogP contribution in [0.25, 0.3) is 0 Å². The van der Waals surface area contributed by atoms with Gasteiger partial charge in [0.05, 0.1) is 7.11 Å². The second-order valence-corrected chi connectivity index (χ2v) is 5.43. The first kappa shape index (κ1) is 15.2. The lowest BCUT2D eigenvalue weighted by atomic mass is 9.96. The Kier molecular flexibility index (Phi) is 4.10. The van der Waals surface area contributed by atoms with Crippen molar-refractivity contribution in [2.24, 2.45) is 0 Å². The summed E-state index contributed by atoms with van der Waals surface area (Å²) >= 11 is 0. The molecule has 0 aliphatic carbocycles. The Balaban J connectivity index is 1.84. The van der Waals surface area contributed by atoms with E-state index >= 15 is 0 Å². The Morgan fingerprint density at radius 3 is 2.70 bits per heavy atom. The van der Waals surface area contributed by atoms with Gasteiger partial charge in [-0.3, -0.25) is 4.79 Å². The van der Waals surface area contributed by atoms with Gasteiger partial charge in [0.2, 0.25) is 0 Å². The molecule has 2 aromatic rings. The Morgan fingerprint density at radius 1 is 1.22 bits per heavy atom. The molecule has 2 aromatic carbocycles. The number of hydrogen-bond donors (Lipinski definition) is 1. The molecule has 1 atom stereocenters. The van der Waals surface area contributed by atoms with Crippen molar-refractivity contribution in [1.82, 2.24) is 0 Å². The van der Waals surface area contributed by atoms with Gasteiger partial charge in [0.15, 0.2) is 0 Å². The maximum Gasteiger partial charge on any atom is 0.308 e. The topological polar surface area (TPSA) is 65.0 Å². The third kappa shape index (κ3) is 3.23. The number of aromatic hydroxyl groups is 1. The van der Waals surface area contributed by atoms with Gasteiger partial charge in [-0.2, -0.15) is 0 Å². The number of phenols is 1. The van der Waals surface area contributed by atoms with Crippen LogP contribution < -0.4 is 14.2 Å². The molecule has 1 N–H and O–H groups in total. The van der Waals surface area contributed by atoms with Crippen LogP contribution in [-0.4, -0.2) is 18.2 Å². The molecule has 0 radical (unpaired) electrons. The zero-order valence-electron chi connectivity index (χ0n) is 13.0. The van der Waals surface area contributed by atoms with E-state index in [0.717, 1.165) is 29.9 Å². The first-order chi connectivity index (χ1) is 11.1. The van der Waals surface area contributed by atoms with Gasteiger partial charge in [-0.05, 0) is 36.6 Å². The van der Waals surface area contributed by atoms with E-state index in [9.17, 15) is 9.90 Å². The molecule has 5 heteroatoms. The van der Waals surface area contributed by atoms with Crippen molar-refractivity contribution in [1.29, 1.82) is 0 Å². The molecular formula is C18H18O5. The highest BCUT2D eigenvalue weighted by atomic mass is 16.5. The molecule has 0 spiro atoms. The van der Waals surface area contributed by atoms with Crippen LogP contribution in [0.4, 0.5) is 0 Å². The van der Waals surface area contributed by atoms with Crippen LogP contribution in [0.3, 0.4) is 0 Å². The zero-order chi connectivity index (χ0) is 16.4. The lowest BCUT2D eigenvalue weighted by molar-refractivity contribution is -0.131. The number of rotatable bonds is 3. The number of methoxy groups -OCH3 is 1. The summed E-state index contributed by atoms with van der Waals surface area (Å²) in [5, 5.41) is 10.2. The molecule has 5 nitrogen and oxygen atoms in total. The average molecular weight is 314 g/mol. The predicted molar refractivity (Wildman–Crippen MR) is 84.1 cm³/mol. The molecule has 0 aromatic heterocycles. The van der Waals surface area contributed by atoms with Gasteiger partial charge < -0.3 is 19.3 Å². The van der Waals surface area contributed by atoms with Crippen molar-refractivity contribution < 1.29 is 24.1 Å². The fraction of sp³-hybridized carbons (Fsp3) is 0.278. The second kappa shape index (κ2) is 6.20. The van der Waals surface area contributed by atoms with Crippen LogP contribution >= 0.6 is 0 Å². The number of benzene rings is 2. The summed E-state index contributed by atoms with van der Waals surface area (Å²) in [5.74, 6) is 1.45. The van der Waals surface area contributed by atoms with Gasteiger partial charge in [0.25, 0.3) is 0 Å². The number of carbonyl (C=O) groups excluding carboxylic acids is 1. The molecule has 23 heavy (non-hydrogen) atoms. The first-order valence-corrected chi connectivity index (χ1v) is 7.41. The summed E-state index contributed by atoms with van der Waals surface area (Å²) in [7, 11) is 1.61. The highest BCUT2D eigenvalue weighted by Gasteiger charge is 2.24. The van der Waals surface area contributed by atoms with Crippen molar-refractivity contribution in [3.05, 3.63) is 47.5 Å². The number of phenolic OH excluding ortho intramolecular Hbond substituents is 1. The van der Waals surface area contributed by atoms with Crippen LogP contribution in [0.2, 0.25) is 0 Å². The molecule has 3 rings (SSSR count). The van der Waals surface area contributed by atoms with Crippen LogP contribution in [0.5, 0.6) is 23.0 Å². The Morgan fingerprint density at radius 2 is 2.00 bits per heavy atom.